The highest BCUT2D eigenvalue weighted by Crippen LogP contribution is 2.50. The van der Waals surface area contributed by atoms with Gasteiger partial charge in [0.05, 0.1) is 38.6 Å². The van der Waals surface area contributed by atoms with E-state index >= 15 is 0 Å². The topological polar surface area (TPSA) is 105 Å². The zero-order chi connectivity index (χ0) is 89.7. The van der Waals surface area contributed by atoms with Crippen molar-refractivity contribution in [2.24, 2.45) is 0 Å². The summed E-state index contributed by atoms with van der Waals surface area (Å²) in [5.41, 5.74) is 23.2. The number of fused-ring (bicyclic) bond motifs is 21. The second-order valence-corrected chi connectivity index (χ2v) is 37.3. The molecule has 10 nitrogen and oxygen atoms in total. The summed E-state index contributed by atoms with van der Waals surface area (Å²) >= 11 is 5.64. The van der Waals surface area contributed by atoms with Crippen molar-refractivity contribution in [3.63, 3.8) is 0 Å². The Balaban J connectivity index is 0.000000106. The summed E-state index contributed by atoms with van der Waals surface area (Å²) in [6, 6.07) is 163. The average Bonchev–Trinajstić information content (AvgIpc) is 1.56. The molecule has 28 aromatic rings. The van der Waals surface area contributed by atoms with Gasteiger partial charge in [0.1, 0.15) is 5.82 Å². The number of hydrogen-bond acceptors (Lipinski definition) is 10. The maximum Gasteiger partial charge on any atom is 0.164 e. The first kappa shape index (κ1) is 79.6. The quantitative estimate of drug-likeness (QED) is 0.120. The lowest BCUT2D eigenvalue weighted by molar-refractivity contribution is 1.07. The van der Waals surface area contributed by atoms with Gasteiger partial charge in [-0.3, -0.25) is 4.57 Å². The predicted molar refractivity (Wildman–Crippen MR) is 572 cm³/mol. The smallest absolute Gasteiger partial charge is 0.164 e. The molecule has 0 spiro atoms. The van der Waals surface area contributed by atoms with Crippen molar-refractivity contribution in [1.82, 2.24) is 48.6 Å². The van der Waals surface area contributed by atoms with E-state index in [-0.39, 0.29) is 0 Å². The summed E-state index contributed by atoms with van der Waals surface area (Å²) in [5.74, 6) is 4.88. The second kappa shape index (κ2) is 33.5. The molecule has 28 rings (SSSR count). The maximum absolute atomic E-state index is 5.24. The van der Waals surface area contributed by atoms with Crippen LogP contribution >= 0.6 is 34.0 Å². The highest BCUT2D eigenvalue weighted by atomic mass is 32.1. The molecule has 19 aromatic carbocycles. The number of rotatable bonds is 12. The van der Waals surface area contributed by atoms with Crippen LogP contribution in [0.2, 0.25) is 0 Å². The van der Waals surface area contributed by atoms with Gasteiger partial charge in [-0.25, -0.2) is 34.9 Å². The first-order chi connectivity index (χ1) is 67.4. The van der Waals surface area contributed by atoms with E-state index in [0.29, 0.717) is 34.9 Å². The van der Waals surface area contributed by atoms with Crippen LogP contribution in [0.25, 0.3) is 256 Å². The van der Waals surface area contributed by atoms with Gasteiger partial charge in [-0.15, -0.1) is 34.0 Å². The van der Waals surface area contributed by atoms with Crippen molar-refractivity contribution in [1.29, 1.82) is 0 Å². The molecule has 9 aromatic heterocycles. The van der Waals surface area contributed by atoms with Crippen LogP contribution < -0.4 is 0 Å². The predicted octanol–water partition coefficient (Wildman–Crippen LogP) is 33.4. The monoisotopic (exact) mass is 1790 g/mol. The van der Waals surface area contributed by atoms with Gasteiger partial charge >= 0.3 is 0 Å². The third-order valence-electron chi connectivity index (χ3n) is 26.1. The average molecular weight is 1790 g/mol. The first-order valence-corrected chi connectivity index (χ1v) is 48.0. The standard InChI is InChI=1S/C45H29N3.C39H24N4S.C39H23N3S2/c1-3-13-30(14-4-1)37-29-45(46-40-20-10-7-17-34(37)40)48-42-22-12-9-19-36(42)39-28-32(24-26-44(39)48)31-23-25-43-38(27-31)35-18-8-11-21-41(35)47(43)33-15-5-2-6-16-33;1-4-12-25(13-5-1)37-40-38(26-14-6-2-7-15-26)42-39(41-37)27-20-21-31-33(24-27)43(28-16-8-3-9-17-28)32-23-22-30-29-18-10-11-19-34(29)44-36(30)35(31)32;1-3-11-24(12-4-1)37-40-38(25-13-5-2-6-14-25)42-39(41-37)27-16-9-15-26(23-27)28-18-10-19-31-34-33(44-35(28)31)22-21-30-29-17-7-8-20-32(29)43-36(30)34/h1-29H;1-24H;1-23H. The molecule has 13 heteroatoms. The summed E-state index contributed by atoms with van der Waals surface area (Å²) in [5, 5.41) is 16.5. The van der Waals surface area contributed by atoms with E-state index in [4.69, 9.17) is 34.9 Å². The minimum Gasteiger partial charge on any atom is -0.309 e. The minimum atomic E-state index is 0.650. The van der Waals surface area contributed by atoms with Crippen LogP contribution in [-0.2, 0) is 0 Å². The molecule has 0 fully saturated rings. The van der Waals surface area contributed by atoms with Crippen molar-refractivity contribution in [2.45, 2.75) is 0 Å². The normalized spacial score (nSPS) is 11.7. The number of pyridine rings is 1. The largest absolute Gasteiger partial charge is 0.309 e. The van der Waals surface area contributed by atoms with Gasteiger partial charge < -0.3 is 9.13 Å². The fourth-order valence-corrected chi connectivity index (χ4v) is 23.6. The van der Waals surface area contributed by atoms with Crippen LogP contribution in [0.4, 0.5) is 0 Å². The van der Waals surface area contributed by atoms with Gasteiger partial charge in [0.15, 0.2) is 34.9 Å². The molecule has 0 unspecified atom stereocenters. The number of thiophene rings is 3. The number of nitrogens with zero attached hydrogens (tertiary/aromatic N) is 10. The van der Waals surface area contributed by atoms with E-state index in [1.54, 1.807) is 0 Å². The summed E-state index contributed by atoms with van der Waals surface area (Å²) in [6.45, 7) is 0. The first-order valence-electron chi connectivity index (χ1n) is 45.6. The van der Waals surface area contributed by atoms with Crippen LogP contribution in [0.3, 0.4) is 0 Å². The highest BCUT2D eigenvalue weighted by Gasteiger charge is 2.25. The fraction of sp³-hybridized carbons (Fsp3) is 0. The lowest BCUT2D eigenvalue weighted by atomic mass is 10.00. The lowest BCUT2D eigenvalue weighted by Gasteiger charge is -2.13. The second-order valence-electron chi connectivity index (χ2n) is 34.1. The Hall–Kier alpha value is -17.3. The molecule has 0 saturated heterocycles. The SMILES string of the molecule is c1ccc(-c2cc(-n3c4ccccc4c4cc(-c5ccc6c(c5)c5ccccc5n6-c5ccccc5)ccc43)nc3ccccc23)cc1.c1ccc(-c2nc(-c3ccccc3)nc(-c3ccc4c5c6sc7ccccc7c6ccc5n(-c5ccccc5)c4c3)n2)cc1.c1ccc(-c2nc(-c3ccccc3)nc(-c3cccc(-c4cccc5c4sc4ccc6c7ccccc7sc6c45)c3)n2)cc1. The lowest BCUT2D eigenvalue weighted by Crippen LogP contribution is -2.00. The summed E-state index contributed by atoms with van der Waals surface area (Å²) < 4.78 is 15.0. The molecule has 9 heterocycles. The number of aromatic nitrogens is 10. The Bertz CT molecular complexity index is 9430. The van der Waals surface area contributed by atoms with E-state index in [2.05, 4.69) is 353 Å². The third kappa shape index (κ3) is 13.9. The van der Waals surface area contributed by atoms with Crippen LogP contribution in [0.1, 0.15) is 0 Å². The molecule has 0 aliphatic rings. The number of benzene rings is 19. The molecule has 0 radical (unpaired) electrons. The summed E-state index contributed by atoms with van der Waals surface area (Å²) in [6.07, 6.45) is 0. The van der Waals surface area contributed by atoms with Crippen molar-refractivity contribution in [2.75, 3.05) is 0 Å². The molecule has 0 N–H and O–H groups in total. The minimum absolute atomic E-state index is 0.650. The number of hydrogen-bond donors (Lipinski definition) is 0. The molecule has 0 aliphatic heterocycles. The zero-order valence-electron chi connectivity index (χ0n) is 73.1. The molecule has 636 valence electrons. The highest BCUT2D eigenvalue weighted by molar-refractivity contribution is 7.30. The number of para-hydroxylation sites is 5. The molecule has 0 aliphatic carbocycles. The summed E-state index contributed by atoms with van der Waals surface area (Å²) in [4.78, 5) is 35.0. The van der Waals surface area contributed by atoms with Gasteiger partial charge in [-0.1, -0.05) is 352 Å². The van der Waals surface area contributed by atoms with Gasteiger partial charge in [0, 0.05) is 143 Å². The fourth-order valence-electron chi connectivity index (χ4n) is 19.8. The van der Waals surface area contributed by atoms with E-state index in [1.807, 2.05) is 155 Å². The van der Waals surface area contributed by atoms with E-state index in [1.165, 1.54) is 143 Å². The van der Waals surface area contributed by atoms with Gasteiger partial charge in [0.2, 0.25) is 0 Å². The van der Waals surface area contributed by atoms with Crippen molar-refractivity contribution in [3.05, 3.63) is 461 Å². The molecular formula is C123H76N10S3. The Morgan fingerprint density at radius 3 is 1.07 bits per heavy atom. The van der Waals surface area contributed by atoms with Crippen LogP contribution in [0.5, 0.6) is 0 Å². The molecule has 136 heavy (non-hydrogen) atoms. The molecule has 0 atom stereocenters. The van der Waals surface area contributed by atoms with E-state index in [9.17, 15) is 0 Å². The van der Waals surface area contributed by atoms with Crippen molar-refractivity contribution >= 4 is 171 Å². The van der Waals surface area contributed by atoms with Crippen LogP contribution in [0.15, 0.2) is 461 Å². The Morgan fingerprint density at radius 2 is 0.529 bits per heavy atom. The maximum atomic E-state index is 5.24. The van der Waals surface area contributed by atoms with E-state index in [0.717, 1.165) is 77.9 Å². The molecular weight excluding hydrogens is 1710 g/mol. The van der Waals surface area contributed by atoms with Gasteiger partial charge in [-0.2, -0.15) is 0 Å². The van der Waals surface area contributed by atoms with E-state index < -0.39 is 0 Å². The molecule has 0 amide bonds. The van der Waals surface area contributed by atoms with Crippen molar-refractivity contribution < 1.29 is 0 Å². The summed E-state index contributed by atoms with van der Waals surface area (Å²) in [7, 11) is 0. The third-order valence-corrected chi connectivity index (χ3v) is 29.7. The van der Waals surface area contributed by atoms with Crippen LogP contribution in [0, 0.1) is 0 Å². The Morgan fingerprint density at radius 1 is 0.162 bits per heavy atom. The van der Waals surface area contributed by atoms with Gasteiger partial charge in [0.25, 0.3) is 0 Å². The zero-order valence-corrected chi connectivity index (χ0v) is 75.5. The van der Waals surface area contributed by atoms with Crippen LogP contribution in [-0.4, -0.2) is 48.6 Å². The molecule has 0 bridgehead atoms. The Kier molecular flexibility index (Phi) is 19.6. The van der Waals surface area contributed by atoms with Gasteiger partial charge in [-0.05, 0) is 143 Å². The molecule has 0 saturated carbocycles. The van der Waals surface area contributed by atoms with Crippen molar-refractivity contribution in [3.8, 4) is 119 Å². The Labute approximate surface area is 793 Å².